The minimum atomic E-state index is -0.618. The van der Waals surface area contributed by atoms with Crippen molar-refractivity contribution in [2.24, 2.45) is 7.05 Å². The molecule has 0 bridgehead atoms. The van der Waals surface area contributed by atoms with Crippen molar-refractivity contribution >= 4 is 34.1 Å². The van der Waals surface area contributed by atoms with Gasteiger partial charge < -0.3 is 29.3 Å². The fourth-order valence-corrected chi connectivity index (χ4v) is 6.38. The van der Waals surface area contributed by atoms with Crippen LogP contribution in [0.4, 0.5) is 11.4 Å². The molecule has 0 saturated carbocycles. The van der Waals surface area contributed by atoms with Gasteiger partial charge in [0.2, 0.25) is 5.91 Å². The van der Waals surface area contributed by atoms with Crippen LogP contribution in [0.15, 0.2) is 79.0 Å². The number of aryl methyl sites for hydroxylation is 1. The highest BCUT2D eigenvalue weighted by molar-refractivity contribution is 6.06. The number of hydrogen-bond donors (Lipinski definition) is 1. The average Bonchev–Trinajstić information content (AvgIpc) is 3.33. The predicted octanol–water partition coefficient (Wildman–Crippen LogP) is 4.50. The third-order valence-electron chi connectivity index (χ3n) is 8.51. The maximum atomic E-state index is 14.6. The van der Waals surface area contributed by atoms with Crippen molar-refractivity contribution in [2.45, 2.75) is 12.0 Å². The molecule has 1 saturated heterocycles. The van der Waals surface area contributed by atoms with E-state index in [1.807, 2.05) is 66.5 Å². The molecule has 1 aromatic heterocycles. The summed E-state index contributed by atoms with van der Waals surface area (Å²) < 4.78 is 7.50. The first kappa shape index (κ1) is 27.1. The van der Waals surface area contributed by atoms with Crippen LogP contribution in [0.5, 0.6) is 0 Å². The number of fused-ring (bicyclic) bond motifs is 2. The highest BCUT2D eigenvalue weighted by Gasteiger charge is 2.45. The van der Waals surface area contributed by atoms with Crippen LogP contribution in [0.2, 0.25) is 0 Å². The van der Waals surface area contributed by atoms with Crippen molar-refractivity contribution < 1.29 is 14.3 Å². The van der Waals surface area contributed by atoms with Gasteiger partial charge in [0.15, 0.2) is 0 Å². The fourth-order valence-electron chi connectivity index (χ4n) is 6.38. The Balaban J connectivity index is 1.46. The lowest BCUT2D eigenvalue weighted by molar-refractivity contribution is -0.119. The SMILES string of the molecule is COCCN1C(=O)c2ccccc2[C@@H](C(=O)Nc2ccccc2N2CCN(C)CC2)[C@H]1c1cn(C)c2ccccc12. The molecule has 41 heavy (non-hydrogen) atoms. The number of ether oxygens (including phenoxy) is 1. The third kappa shape index (κ3) is 4.98. The van der Waals surface area contributed by atoms with Crippen LogP contribution in [0, 0.1) is 0 Å². The van der Waals surface area contributed by atoms with Gasteiger partial charge in [-0.1, -0.05) is 48.5 Å². The molecule has 0 aliphatic carbocycles. The number of piperazine rings is 1. The van der Waals surface area contributed by atoms with Crippen molar-refractivity contribution in [2.75, 3.05) is 63.7 Å². The molecule has 1 N–H and O–H groups in total. The number of methoxy groups -OCH3 is 1. The van der Waals surface area contributed by atoms with Crippen LogP contribution in [-0.2, 0) is 16.6 Å². The van der Waals surface area contributed by atoms with E-state index < -0.39 is 12.0 Å². The van der Waals surface area contributed by atoms with Gasteiger partial charge in [0.1, 0.15) is 0 Å². The molecule has 3 heterocycles. The zero-order valence-corrected chi connectivity index (χ0v) is 23.9. The first-order valence-corrected chi connectivity index (χ1v) is 14.2. The van der Waals surface area contributed by atoms with E-state index in [1.54, 1.807) is 7.11 Å². The molecule has 6 rings (SSSR count). The largest absolute Gasteiger partial charge is 0.383 e. The molecular formula is C33H37N5O3. The molecule has 4 aromatic rings. The van der Waals surface area contributed by atoms with Crippen LogP contribution < -0.4 is 10.2 Å². The number of benzene rings is 3. The lowest BCUT2D eigenvalue weighted by Crippen LogP contribution is -2.47. The van der Waals surface area contributed by atoms with Crippen molar-refractivity contribution in [3.63, 3.8) is 0 Å². The molecule has 2 aliphatic heterocycles. The molecule has 2 amide bonds. The number of para-hydroxylation sites is 3. The van der Waals surface area contributed by atoms with Crippen molar-refractivity contribution in [3.8, 4) is 0 Å². The summed E-state index contributed by atoms with van der Waals surface area (Å²) >= 11 is 0. The Morgan fingerprint density at radius 3 is 2.41 bits per heavy atom. The zero-order chi connectivity index (χ0) is 28.5. The molecule has 3 aromatic carbocycles. The van der Waals surface area contributed by atoms with Crippen molar-refractivity contribution in [1.82, 2.24) is 14.4 Å². The molecule has 212 valence electrons. The van der Waals surface area contributed by atoms with Gasteiger partial charge in [-0.2, -0.15) is 0 Å². The van der Waals surface area contributed by atoms with Crippen LogP contribution in [0.25, 0.3) is 10.9 Å². The summed E-state index contributed by atoms with van der Waals surface area (Å²) in [6.45, 7) is 4.48. The lowest BCUT2D eigenvalue weighted by atomic mass is 9.79. The predicted molar refractivity (Wildman–Crippen MR) is 163 cm³/mol. The van der Waals surface area contributed by atoms with E-state index in [-0.39, 0.29) is 11.8 Å². The molecule has 0 radical (unpaired) electrons. The molecule has 2 aliphatic rings. The number of rotatable bonds is 7. The van der Waals surface area contributed by atoms with Gasteiger partial charge in [-0.25, -0.2) is 0 Å². The lowest BCUT2D eigenvalue weighted by Gasteiger charge is -2.41. The monoisotopic (exact) mass is 551 g/mol. The number of carbonyl (C=O) groups is 2. The van der Waals surface area contributed by atoms with Crippen molar-refractivity contribution in [3.05, 3.63) is 95.7 Å². The van der Waals surface area contributed by atoms with E-state index in [1.165, 1.54) is 0 Å². The summed E-state index contributed by atoms with van der Waals surface area (Å²) in [5.74, 6) is -0.837. The van der Waals surface area contributed by atoms with Gasteiger partial charge >= 0.3 is 0 Å². The first-order valence-electron chi connectivity index (χ1n) is 14.2. The summed E-state index contributed by atoms with van der Waals surface area (Å²) in [5.41, 5.74) is 5.13. The molecule has 8 nitrogen and oxygen atoms in total. The normalized spacial score (nSPS) is 19.4. The molecule has 0 spiro atoms. The number of aromatic nitrogens is 1. The van der Waals surface area contributed by atoms with Crippen LogP contribution in [0.3, 0.4) is 0 Å². The van der Waals surface area contributed by atoms with Gasteiger partial charge in [-0.3, -0.25) is 9.59 Å². The molecule has 2 atom stereocenters. The maximum absolute atomic E-state index is 14.6. The summed E-state index contributed by atoms with van der Waals surface area (Å²) in [6, 6.07) is 23.2. The smallest absolute Gasteiger partial charge is 0.254 e. The van der Waals surface area contributed by atoms with E-state index >= 15 is 0 Å². The number of amides is 2. The van der Waals surface area contributed by atoms with Gasteiger partial charge in [-0.15, -0.1) is 0 Å². The van der Waals surface area contributed by atoms with E-state index in [2.05, 4.69) is 51.1 Å². The highest BCUT2D eigenvalue weighted by Crippen LogP contribution is 2.46. The van der Waals surface area contributed by atoms with Gasteiger partial charge in [0, 0.05) is 75.1 Å². The Bertz CT molecular complexity index is 1570. The van der Waals surface area contributed by atoms with E-state index in [0.29, 0.717) is 18.7 Å². The number of likely N-dealkylation sites (N-methyl/N-ethyl adjacent to an activating group) is 1. The Labute approximate surface area is 241 Å². The van der Waals surface area contributed by atoms with Crippen LogP contribution in [-0.4, -0.2) is 79.7 Å². The van der Waals surface area contributed by atoms with E-state index in [0.717, 1.165) is 59.6 Å². The number of nitrogens with one attached hydrogen (secondary N) is 1. The minimum Gasteiger partial charge on any atom is -0.383 e. The number of carbonyl (C=O) groups excluding carboxylic acids is 2. The summed E-state index contributed by atoms with van der Waals surface area (Å²) in [7, 11) is 5.77. The summed E-state index contributed by atoms with van der Waals surface area (Å²) in [5, 5.41) is 4.34. The van der Waals surface area contributed by atoms with Crippen LogP contribution >= 0.6 is 0 Å². The number of hydrogen-bond acceptors (Lipinski definition) is 5. The topological polar surface area (TPSA) is 70.1 Å². The number of anilines is 2. The Morgan fingerprint density at radius 2 is 1.61 bits per heavy atom. The summed E-state index contributed by atoms with van der Waals surface area (Å²) in [6.07, 6.45) is 2.06. The second-order valence-corrected chi connectivity index (χ2v) is 11.0. The minimum absolute atomic E-state index is 0.0857. The fraction of sp³-hybridized carbons (Fsp3) is 0.333. The highest BCUT2D eigenvalue weighted by atomic mass is 16.5. The molecular weight excluding hydrogens is 514 g/mol. The van der Waals surface area contributed by atoms with Gasteiger partial charge in [0.25, 0.3) is 5.91 Å². The second kappa shape index (κ2) is 11.4. The Kier molecular flexibility index (Phi) is 7.51. The standard InChI is InChI=1S/C33H37N5O3/c1-35-16-18-37(19-17-35)29-15-9-7-13-27(29)34-32(39)30-24-11-4-5-12-25(24)33(40)38(20-21-41-3)31(30)26-22-36(2)28-14-8-6-10-23(26)28/h4-15,22,30-31H,16-21H2,1-3H3,(H,34,39)/t30-,31-/m1/s1. The van der Waals surface area contributed by atoms with Gasteiger partial charge in [-0.05, 0) is 36.9 Å². The van der Waals surface area contributed by atoms with Crippen LogP contribution in [0.1, 0.15) is 33.4 Å². The second-order valence-electron chi connectivity index (χ2n) is 11.0. The third-order valence-corrected chi connectivity index (χ3v) is 8.51. The average molecular weight is 552 g/mol. The maximum Gasteiger partial charge on any atom is 0.254 e. The Hall–Kier alpha value is -4.14. The first-order chi connectivity index (χ1) is 20.0. The molecule has 8 heteroatoms. The Morgan fingerprint density at radius 1 is 0.902 bits per heavy atom. The molecule has 1 fully saturated rings. The zero-order valence-electron chi connectivity index (χ0n) is 23.9. The van der Waals surface area contributed by atoms with E-state index in [9.17, 15) is 9.59 Å². The van der Waals surface area contributed by atoms with Gasteiger partial charge in [0.05, 0.1) is 29.9 Å². The number of nitrogens with zero attached hydrogens (tertiary/aromatic N) is 4. The van der Waals surface area contributed by atoms with Crippen molar-refractivity contribution in [1.29, 1.82) is 0 Å². The molecule has 0 unspecified atom stereocenters. The quantitative estimate of drug-likeness (QED) is 0.367. The van der Waals surface area contributed by atoms with E-state index in [4.69, 9.17) is 4.74 Å². The summed E-state index contributed by atoms with van der Waals surface area (Å²) in [4.78, 5) is 35.0.